The second-order valence-electron chi connectivity index (χ2n) is 4.36. The Morgan fingerprint density at radius 2 is 1.58 bits per heavy atom. The van der Waals surface area contributed by atoms with Gasteiger partial charge in [-0.2, -0.15) is 0 Å². The summed E-state index contributed by atoms with van der Waals surface area (Å²) in [6.07, 6.45) is 0. The highest BCUT2D eigenvalue weighted by Crippen LogP contribution is 2.03. The summed E-state index contributed by atoms with van der Waals surface area (Å²) in [6, 6.07) is 16.4. The third-order valence-electron chi connectivity index (χ3n) is 2.82. The number of amides is 1. The SMILES string of the molecule is Cc1ccc(CNC(=O)C(=O)c2ccccc2)cc1. The molecule has 0 saturated heterocycles. The third kappa shape index (κ3) is 3.52. The molecule has 0 aromatic heterocycles. The van der Waals surface area contributed by atoms with Crippen molar-refractivity contribution in [3.05, 3.63) is 71.3 Å². The standard InChI is InChI=1S/C16H15NO2/c1-12-7-9-13(10-8-12)11-17-16(19)15(18)14-5-3-2-4-6-14/h2-10H,11H2,1H3,(H,17,19). The van der Waals surface area contributed by atoms with Gasteiger partial charge in [0.25, 0.3) is 5.91 Å². The number of hydrogen-bond acceptors (Lipinski definition) is 2. The lowest BCUT2D eigenvalue weighted by atomic mass is 10.1. The lowest BCUT2D eigenvalue weighted by molar-refractivity contribution is -0.117. The average molecular weight is 253 g/mol. The van der Waals surface area contributed by atoms with Gasteiger partial charge < -0.3 is 5.32 Å². The van der Waals surface area contributed by atoms with Crippen molar-refractivity contribution >= 4 is 11.7 Å². The van der Waals surface area contributed by atoms with E-state index in [1.165, 1.54) is 0 Å². The fourth-order valence-electron chi connectivity index (χ4n) is 1.69. The van der Waals surface area contributed by atoms with E-state index in [0.29, 0.717) is 12.1 Å². The zero-order valence-corrected chi connectivity index (χ0v) is 10.7. The van der Waals surface area contributed by atoms with Crippen LogP contribution in [0.4, 0.5) is 0 Å². The summed E-state index contributed by atoms with van der Waals surface area (Å²) in [5.74, 6) is -1.08. The smallest absolute Gasteiger partial charge is 0.292 e. The van der Waals surface area contributed by atoms with Gasteiger partial charge >= 0.3 is 0 Å². The highest BCUT2D eigenvalue weighted by Gasteiger charge is 2.14. The minimum absolute atomic E-state index is 0.359. The van der Waals surface area contributed by atoms with Crippen LogP contribution in [0.3, 0.4) is 0 Å². The van der Waals surface area contributed by atoms with Gasteiger partial charge in [-0.15, -0.1) is 0 Å². The van der Waals surface area contributed by atoms with Crippen LogP contribution >= 0.6 is 0 Å². The lowest BCUT2D eigenvalue weighted by Crippen LogP contribution is -2.30. The molecule has 1 N–H and O–H groups in total. The summed E-state index contributed by atoms with van der Waals surface area (Å²) < 4.78 is 0. The molecule has 0 aliphatic rings. The molecule has 1 amide bonds. The molecule has 0 fully saturated rings. The lowest BCUT2D eigenvalue weighted by Gasteiger charge is -2.05. The molecule has 2 rings (SSSR count). The number of aryl methyl sites for hydroxylation is 1. The monoisotopic (exact) mass is 253 g/mol. The van der Waals surface area contributed by atoms with E-state index in [1.54, 1.807) is 30.3 Å². The molecule has 19 heavy (non-hydrogen) atoms. The fraction of sp³-hybridized carbons (Fsp3) is 0.125. The zero-order chi connectivity index (χ0) is 13.7. The maximum atomic E-state index is 11.8. The van der Waals surface area contributed by atoms with Crippen molar-refractivity contribution < 1.29 is 9.59 Å². The topological polar surface area (TPSA) is 46.2 Å². The molecule has 2 aromatic carbocycles. The van der Waals surface area contributed by atoms with Gasteiger partial charge in [-0.05, 0) is 12.5 Å². The van der Waals surface area contributed by atoms with Crippen molar-refractivity contribution in [2.24, 2.45) is 0 Å². The van der Waals surface area contributed by atoms with Gasteiger partial charge in [0.2, 0.25) is 5.78 Å². The second kappa shape index (κ2) is 5.96. The zero-order valence-electron chi connectivity index (χ0n) is 10.7. The van der Waals surface area contributed by atoms with Gasteiger partial charge in [0, 0.05) is 12.1 Å². The molecule has 0 heterocycles. The Kier molecular flexibility index (Phi) is 4.08. The molecule has 3 heteroatoms. The first-order chi connectivity index (χ1) is 9.16. The van der Waals surface area contributed by atoms with Gasteiger partial charge in [-0.3, -0.25) is 9.59 Å². The Labute approximate surface area is 112 Å². The molecule has 0 atom stereocenters. The van der Waals surface area contributed by atoms with Gasteiger partial charge in [0.1, 0.15) is 0 Å². The summed E-state index contributed by atoms with van der Waals surface area (Å²) in [5.41, 5.74) is 2.54. The van der Waals surface area contributed by atoms with Crippen LogP contribution < -0.4 is 5.32 Å². The number of carbonyl (C=O) groups is 2. The predicted molar refractivity (Wildman–Crippen MR) is 73.8 cm³/mol. The number of benzene rings is 2. The van der Waals surface area contributed by atoms with E-state index < -0.39 is 11.7 Å². The van der Waals surface area contributed by atoms with E-state index in [9.17, 15) is 9.59 Å². The van der Waals surface area contributed by atoms with Crippen molar-refractivity contribution in [1.29, 1.82) is 0 Å². The summed E-state index contributed by atoms with van der Waals surface area (Å²) in [4.78, 5) is 23.5. The largest absolute Gasteiger partial charge is 0.345 e. The summed E-state index contributed by atoms with van der Waals surface area (Å²) in [6.45, 7) is 2.36. The number of rotatable bonds is 4. The van der Waals surface area contributed by atoms with Gasteiger partial charge in [-0.1, -0.05) is 60.2 Å². The van der Waals surface area contributed by atoms with Crippen LogP contribution in [0.2, 0.25) is 0 Å². The normalized spacial score (nSPS) is 9.95. The molecule has 0 aliphatic carbocycles. The molecule has 0 spiro atoms. The fourth-order valence-corrected chi connectivity index (χ4v) is 1.69. The maximum Gasteiger partial charge on any atom is 0.292 e. The number of ketones is 1. The Balaban J connectivity index is 1.95. The van der Waals surface area contributed by atoms with E-state index >= 15 is 0 Å². The highest BCUT2D eigenvalue weighted by atomic mass is 16.2. The number of hydrogen-bond donors (Lipinski definition) is 1. The first kappa shape index (κ1) is 13.0. The molecule has 0 bridgehead atoms. The highest BCUT2D eigenvalue weighted by molar-refractivity contribution is 6.42. The van der Waals surface area contributed by atoms with E-state index in [1.807, 2.05) is 31.2 Å². The van der Waals surface area contributed by atoms with Crippen molar-refractivity contribution in [3.8, 4) is 0 Å². The maximum absolute atomic E-state index is 11.8. The molecular weight excluding hydrogens is 238 g/mol. The van der Waals surface area contributed by atoms with E-state index in [2.05, 4.69) is 5.32 Å². The Morgan fingerprint density at radius 1 is 0.947 bits per heavy atom. The molecule has 0 radical (unpaired) electrons. The first-order valence-electron chi connectivity index (χ1n) is 6.10. The number of nitrogens with one attached hydrogen (secondary N) is 1. The quantitative estimate of drug-likeness (QED) is 0.672. The van der Waals surface area contributed by atoms with Crippen LogP contribution in [0.5, 0.6) is 0 Å². The van der Waals surface area contributed by atoms with Crippen molar-refractivity contribution in [3.63, 3.8) is 0 Å². The molecular formula is C16H15NO2. The molecule has 3 nitrogen and oxygen atoms in total. The van der Waals surface area contributed by atoms with Gasteiger partial charge in [-0.25, -0.2) is 0 Å². The molecule has 0 saturated carbocycles. The minimum atomic E-state index is -0.577. The molecule has 0 aliphatic heterocycles. The summed E-state index contributed by atoms with van der Waals surface area (Å²) >= 11 is 0. The van der Waals surface area contributed by atoms with Crippen LogP contribution in [0.1, 0.15) is 21.5 Å². The van der Waals surface area contributed by atoms with Crippen LogP contribution in [0, 0.1) is 6.92 Å². The summed E-state index contributed by atoms with van der Waals surface area (Å²) in [7, 11) is 0. The van der Waals surface area contributed by atoms with Crippen LogP contribution in [-0.4, -0.2) is 11.7 Å². The van der Waals surface area contributed by atoms with Gasteiger partial charge in [0.05, 0.1) is 0 Å². The van der Waals surface area contributed by atoms with Gasteiger partial charge in [0.15, 0.2) is 0 Å². The van der Waals surface area contributed by atoms with Crippen molar-refractivity contribution in [2.45, 2.75) is 13.5 Å². The van der Waals surface area contributed by atoms with E-state index in [4.69, 9.17) is 0 Å². The van der Waals surface area contributed by atoms with E-state index in [-0.39, 0.29) is 0 Å². The average Bonchev–Trinajstić information content (AvgIpc) is 2.46. The van der Waals surface area contributed by atoms with Crippen molar-refractivity contribution in [2.75, 3.05) is 0 Å². The number of carbonyl (C=O) groups excluding carboxylic acids is 2. The predicted octanol–water partition coefficient (Wildman–Crippen LogP) is 2.49. The third-order valence-corrected chi connectivity index (χ3v) is 2.82. The van der Waals surface area contributed by atoms with Crippen LogP contribution in [0.25, 0.3) is 0 Å². The molecule has 96 valence electrons. The number of Topliss-reactive ketones (excluding diaryl/α,β-unsaturated/α-hetero) is 1. The summed E-state index contributed by atoms with van der Waals surface area (Å²) in [5, 5.41) is 2.63. The second-order valence-corrected chi connectivity index (χ2v) is 4.36. The van der Waals surface area contributed by atoms with Crippen LogP contribution in [0.15, 0.2) is 54.6 Å². The van der Waals surface area contributed by atoms with E-state index in [0.717, 1.165) is 11.1 Å². The Bertz CT molecular complexity index is 573. The Hall–Kier alpha value is -2.42. The first-order valence-corrected chi connectivity index (χ1v) is 6.10. The molecule has 0 unspecified atom stereocenters. The minimum Gasteiger partial charge on any atom is -0.345 e. The molecule has 2 aromatic rings. The van der Waals surface area contributed by atoms with Crippen LogP contribution in [-0.2, 0) is 11.3 Å². The Morgan fingerprint density at radius 3 is 2.21 bits per heavy atom. The van der Waals surface area contributed by atoms with Crippen molar-refractivity contribution in [1.82, 2.24) is 5.32 Å².